The van der Waals surface area contributed by atoms with E-state index in [0.717, 1.165) is 37.7 Å². The molecular weight excluding hydrogens is 214 g/mol. The Balaban J connectivity index is 1.60. The molecule has 1 aromatic rings. The molecule has 0 bridgehead atoms. The average Bonchev–Trinajstić information content (AvgIpc) is 3.12. The van der Waals surface area contributed by atoms with Crippen molar-refractivity contribution < 1.29 is 0 Å². The summed E-state index contributed by atoms with van der Waals surface area (Å²) in [6.07, 6.45) is 5.65. The molecule has 0 aromatic carbocycles. The van der Waals surface area contributed by atoms with Gasteiger partial charge < -0.3 is 15.2 Å². The lowest BCUT2D eigenvalue weighted by atomic mass is 10.2. The standard InChI is InChI=1S/C13H21N3O/c1-16-8-5-11(9-13(16)17)10-14-6-2-7-15-12-3-4-12/h5,8-9,12,14-15H,2-4,6-7,10H2,1H3. The molecule has 1 aliphatic rings. The minimum atomic E-state index is 0.0553. The predicted molar refractivity (Wildman–Crippen MR) is 69.0 cm³/mol. The smallest absolute Gasteiger partial charge is 0.250 e. The predicted octanol–water partition coefficient (Wildman–Crippen LogP) is 0.617. The summed E-state index contributed by atoms with van der Waals surface area (Å²) in [5, 5.41) is 6.83. The second kappa shape index (κ2) is 5.98. The minimum absolute atomic E-state index is 0.0553. The third kappa shape index (κ3) is 4.32. The number of aryl methyl sites for hydroxylation is 1. The molecule has 0 spiro atoms. The van der Waals surface area contributed by atoms with Crippen molar-refractivity contribution in [2.45, 2.75) is 31.8 Å². The van der Waals surface area contributed by atoms with Gasteiger partial charge in [0.2, 0.25) is 0 Å². The maximum absolute atomic E-state index is 11.4. The summed E-state index contributed by atoms with van der Waals surface area (Å²) in [4.78, 5) is 11.4. The lowest BCUT2D eigenvalue weighted by Crippen LogP contribution is -2.24. The van der Waals surface area contributed by atoms with Crippen LogP contribution in [0.25, 0.3) is 0 Å². The first-order valence-corrected chi connectivity index (χ1v) is 6.35. The quantitative estimate of drug-likeness (QED) is 0.681. The van der Waals surface area contributed by atoms with Crippen LogP contribution in [0.1, 0.15) is 24.8 Å². The van der Waals surface area contributed by atoms with Gasteiger partial charge in [-0.25, -0.2) is 0 Å². The molecule has 2 rings (SSSR count). The van der Waals surface area contributed by atoms with E-state index in [9.17, 15) is 4.79 Å². The van der Waals surface area contributed by atoms with Gasteiger partial charge in [-0.3, -0.25) is 4.79 Å². The van der Waals surface area contributed by atoms with Gasteiger partial charge in [0.15, 0.2) is 0 Å². The summed E-state index contributed by atoms with van der Waals surface area (Å²) in [5.41, 5.74) is 1.11. The molecule has 1 fully saturated rings. The number of aromatic nitrogens is 1. The first-order valence-electron chi connectivity index (χ1n) is 6.35. The summed E-state index contributed by atoms with van der Waals surface area (Å²) in [6, 6.07) is 4.47. The third-order valence-electron chi connectivity index (χ3n) is 3.04. The highest BCUT2D eigenvalue weighted by Gasteiger charge is 2.19. The van der Waals surface area contributed by atoms with Crippen molar-refractivity contribution in [2.24, 2.45) is 7.05 Å². The van der Waals surface area contributed by atoms with E-state index in [0.29, 0.717) is 0 Å². The number of nitrogens with zero attached hydrogens (tertiary/aromatic N) is 1. The van der Waals surface area contributed by atoms with Crippen LogP contribution in [0.15, 0.2) is 23.1 Å². The van der Waals surface area contributed by atoms with Crippen molar-refractivity contribution in [1.82, 2.24) is 15.2 Å². The molecule has 1 aliphatic carbocycles. The van der Waals surface area contributed by atoms with Crippen molar-refractivity contribution in [3.63, 3.8) is 0 Å². The Hall–Kier alpha value is -1.13. The molecule has 0 radical (unpaired) electrons. The molecule has 0 unspecified atom stereocenters. The summed E-state index contributed by atoms with van der Waals surface area (Å²) < 4.78 is 1.59. The highest BCUT2D eigenvalue weighted by atomic mass is 16.1. The highest BCUT2D eigenvalue weighted by molar-refractivity contribution is 5.10. The number of hydrogen-bond acceptors (Lipinski definition) is 3. The zero-order valence-electron chi connectivity index (χ0n) is 10.4. The number of hydrogen-bond donors (Lipinski definition) is 2. The van der Waals surface area contributed by atoms with E-state index in [4.69, 9.17) is 0 Å². The first-order chi connectivity index (χ1) is 8.25. The average molecular weight is 235 g/mol. The van der Waals surface area contributed by atoms with E-state index < -0.39 is 0 Å². The van der Waals surface area contributed by atoms with Crippen molar-refractivity contribution >= 4 is 0 Å². The molecule has 0 atom stereocenters. The largest absolute Gasteiger partial charge is 0.319 e. The van der Waals surface area contributed by atoms with Crippen LogP contribution < -0.4 is 16.2 Å². The second-order valence-corrected chi connectivity index (χ2v) is 4.74. The Morgan fingerprint density at radius 3 is 2.94 bits per heavy atom. The van der Waals surface area contributed by atoms with Gasteiger partial charge in [-0.05, 0) is 44.0 Å². The molecule has 2 N–H and O–H groups in total. The van der Waals surface area contributed by atoms with E-state index in [1.54, 1.807) is 17.7 Å². The van der Waals surface area contributed by atoms with E-state index in [-0.39, 0.29) is 5.56 Å². The fraction of sp³-hybridized carbons (Fsp3) is 0.615. The van der Waals surface area contributed by atoms with E-state index in [2.05, 4.69) is 10.6 Å². The molecule has 4 nitrogen and oxygen atoms in total. The van der Waals surface area contributed by atoms with Crippen molar-refractivity contribution in [2.75, 3.05) is 13.1 Å². The molecule has 17 heavy (non-hydrogen) atoms. The van der Waals surface area contributed by atoms with Crippen molar-refractivity contribution in [1.29, 1.82) is 0 Å². The Kier molecular flexibility index (Phi) is 4.34. The van der Waals surface area contributed by atoms with E-state index in [1.165, 1.54) is 12.8 Å². The van der Waals surface area contributed by atoms with Gasteiger partial charge in [-0.1, -0.05) is 0 Å². The fourth-order valence-corrected chi connectivity index (χ4v) is 1.74. The highest BCUT2D eigenvalue weighted by Crippen LogP contribution is 2.18. The van der Waals surface area contributed by atoms with Gasteiger partial charge in [0.1, 0.15) is 0 Å². The molecule has 1 saturated carbocycles. The SMILES string of the molecule is Cn1ccc(CNCCCNC2CC2)cc1=O. The van der Waals surface area contributed by atoms with Crippen molar-refractivity contribution in [3.8, 4) is 0 Å². The van der Waals surface area contributed by atoms with E-state index in [1.807, 2.05) is 12.3 Å². The topological polar surface area (TPSA) is 46.1 Å². The molecule has 4 heteroatoms. The van der Waals surface area contributed by atoms with Crippen LogP contribution in [-0.2, 0) is 13.6 Å². The van der Waals surface area contributed by atoms with Crippen LogP contribution in [0.3, 0.4) is 0 Å². The Labute approximate surface area is 102 Å². The van der Waals surface area contributed by atoms with Crippen LogP contribution in [0.2, 0.25) is 0 Å². The molecule has 1 aromatic heterocycles. The second-order valence-electron chi connectivity index (χ2n) is 4.74. The molecule has 0 aliphatic heterocycles. The van der Waals surface area contributed by atoms with Crippen LogP contribution in [0.4, 0.5) is 0 Å². The summed E-state index contributed by atoms with van der Waals surface area (Å²) >= 11 is 0. The summed E-state index contributed by atoms with van der Waals surface area (Å²) in [6.45, 7) is 2.86. The Morgan fingerprint density at radius 2 is 2.24 bits per heavy atom. The fourth-order valence-electron chi connectivity index (χ4n) is 1.74. The lowest BCUT2D eigenvalue weighted by molar-refractivity contribution is 0.592. The van der Waals surface area contributed by atoms with Gasteiger partial charge in [-0.15, -0.1) is 0 Å². The van der Waals surface area contributed by atoms with Gasteiger partial charge >= 0.3 is 0 Å². The Bertz CT molecular complexity index is 409. The molecule has 0 amide bonds. The monoisotopic (exact) mass is 235 g/mol. The molecular formula is C13H21N3O. The minimum Gasteiger partial charge on any atom is -0.319 e. The van der Waals surface area contributed by atoms with Crippen molar-refractivity contribution in [3.05, 3.63) is 34.2 Å². The van der Waals surface area contributed by atoms with Crippen LogP contribution in [0.5, 0.6) is 0 Å². The molecule has 1 heterocycles. The van der Waals surface area contributed by atoms with Gasteiger partial charge in [0.05, 0.1) is 0 Å². The van der Waals surface area contributed by atoms with Crippen LogP contribution in [0, 0.1) is 0 Å². The first kappa shape index (κ1) is 12.3. The maximum Gasteiger partial charge on any atom is 0.250 e. The van der Waals surface area contributed by atoms with Crippen LogP contribution >= 0.6 is 0 Å². The lowest BCUT2D eigenvalue weighted by Gasteiger charge is -2.06. The van der Waals surface area contributed by atoms with E-state index >= 15 is 0 Å². The molecule has 94 valence electrons. The number of rotatable bonds is 7. The molecule has 0 saturated heterocycles. The number of nitrogens with one attached hydrogen (secondary N) is 2. The normalized spacial score (nSPS) is 15.1. The van der Waals surface area contributed by atoms with Gasteiger partial charge in [0.25, 0.3) is 5.56 Å². The summed E-state index contributed by atoms with van der Waals surface area (Å²) in [7, 11) is 1.77. The Morgan fingerprint density at radius 1 is 1.41 bits per heavy atom. The third-order valence-corrected chi connectivity index (χ3v) is 3.04. The number of pyridine rings is 1. The van der Waals surface area contributed by atoms with Crippen LogP contribution in [-0.4, -0.2) is 23.7 Å². The zero-order valence-corrected chi connectivity index (χ0v) is 10.4. The maximum atomic E-state index is 11.4. The zero-order chi connectivity index (χ0) is 12.1. The van der Waals surface area contributed by atoms with Gasteiger partial charge in [0, 0.05) is 31.9 Å². The summed E-state index contributed by atoms with van der Waals surface area (Å²) in [5.74, 6) is 0. The van der Waals surface area contributed by atoms with Gasteiger partial charge in [-0.2, -0.15) is 0 Å².